The fourth-order valence-corrected chi connectivity index (χ4v) is 3.07. The molecule has 1 aliphatic rings. The number of hydrogen-bond donors (Lipinski definition) is 2. The predicted octanol–water partition coefficient (Wildman–Crippen LogP) is 3.06. The SMILES string of the molecule is Cl.O=C(CC1CCCN1)NCCc1cccc2ccccc12. The van der Waals surface area contributed by atoms with Gasteiger partial charge >= 0.3 is 0 Å². The Morgan fingerprint density at radius 1 is 1.18 bits per heavy atom. The maximum absolute atomic E-state index is 11.9. The van der Waals surface area contributed by atoms with Crippen molar-refractivity contribution in [3.05, 3.63) is 48.0 Å². The Labute approximate surface area is 137 Å². The van der Waals surface area contributed by atoms with Gasteiger partial charge in [0, 0.05) is 19.0 Å². The molecule has 0 saturated carbocycles. The highest BCUT2D eigenvalue weighted by molar-refractivity contribution is 5.86. The van der Waals surface area contributed by atoms with Crippen molar-refractivity contribution in [1.82, 2.24) is 10.6 Å². The van der Waals surface area contributed by atoms with Crippen molar-refractivity contribution in [2.24, 2.45) is 0 Å². The Balaban J connectivity index is 0.00000176. The summed E-state index contributed by atoms with van der Waals surface area (Å²) in [7, 11) is 0. The second kappa shape index (κ2) is 8.16. The van der Waals surface area contributed by atoms with Crippen molar-refractivity contribution >= 4 is 29.1 Å². The molecule has 1 amide bonds. The monoisotopic (exact) mass is 318 g/mol. The minimum absolute atomic E-state index is 0. The third-order valence-electron chi connectivity index (χ3n) is 4.19. The molecule has 1 fully saturated rings. The first-order valence-electron chi connectivity index (χ1n) is 7.79. The number of carbonyl (C=O) groups is 1. The van der Waals surface area contributed by atoms with Crippen LogP contribution >= 0.6 is 12.4 Å². The fraction of sp³-hybridized carbons (Fsp3) is 0.389. The number of rotatable bonds is 5. The molecule has 0 radical (unpaired) electrons. The van der Waals surface area contributed by atoms with Crippen LogP contribution in [0.4, 0.5) is 0 Å². The summed E-state index contributed by atoms with van der Waals surface area (Å²) in [4.78, 5) is 11.9. The zero-order chi connectivity index (χ0) is 14.5. The topological polar surface area (TPSA) is 41.1 Å². The molecule has 2 aromatic rings. The van der Waals surface area contributed by atoms with Gasteiger partial charge in [-0.2, -0.15) is 0 Å². The first-order valence-corrected chi connectivity index (χ1v) is 7.79. The van der Waals surface area contributed by atoms with Crippen molar-refractivity contribution in [3.8, 4) is 0 Å². The molecule has 3 nitrogen and oxygen atoms in total. The molecule has 1 saturated heterocycles. The molecule has 2 N–H and O–H groups in total. The molecular weight excluding hydrogens is 296 g/mol. The van der Waals surface area contributed by atoms with Crippen molar-refractivity contribution in [3.63, 3.8) is 0 Å². The molecule has 1 aliphatic heterocycles. The number of amides is 1. The van der Waals surface area contributed by atoms with Gasteiger partial charge in [-0.3, -0.25) is 4.79 Å². The number of benzene rings is 2. The summed E-state index contributed by atoms with van der Waals surface area (Å²) in [6.07, 6.45) is 3.80. The van der Waals surface area contributed by atoms with Gasteiger partial charge in [-0.1, -0.05) is 42.5 Å². The minimum Gasteiger partial charge on any atom is -0.356 e. The lowest BCUT2D eigenvalue weighted by Crippen LogP contribution is -2.32. The molecular formula is C18H23ClN2O. The molecule has 0 bridgehead atoms. The molecule has 1 unspecified atom stereocenters. The highest BCUT2D eigenvalue weighted by atomic mass is 35.5. The van der Waals surface area contributed by atoms with E-state index in [1.54, 1.807) is 0 Å². The van der Waals surface area contributed by atoms with Crippen molar-refractivity contribution in [2.75, 3.05) is 13.1 Å². The van der Waals surface area contributed by atoms with E-state index >= 15 is 0 Å². The van der Waals surface area contributed by atoms with Crippen molar-refractivity contribution in [2.45, 2.75) is 31.7 Å². The molecule has 1 heterocycles. The first-order chi connectivity index (χ1) is 10.3. The molecule has 0 aliphatic carbocycles. The molecule has 0 spiro atoms. The van der Waals surface area contributed by atoms with E-state index in [0.717, 1.165) is 19.4 Å². The summed E-state index contributed by atoms with van der Waals surface area (Å²) < 4.78 is 0. The van der Waals surface area contributed by atoms with E-state index in [0.29, 0.717) is 19.0 Å². The van der Waals surface area contributed by atoms with E-state index in [4.69, 9.17) is 0 Å². The Morgan fingerprint density at radius 3 is 2.82 bits per heavy atom. The van der Waals surface area contributed by atoms with Crippen molar-refractivity contribution < 1.29 is 4.79 Å². The molecule has 4 heteroatoms. The first kappa shape index (κ1) is 16.8. The number of carbonyl (C=O) groups excluding carboxylic acids is 1. The zero-order valence-electron chi connectivity index (χ0n) is 12.7. The van der Waals surface area contributed by atoms with E-state index in [-0.39, 0.29) is 18.3 Å². The van der Waals surface area contributed by atoms with Crippen LogP contribution in [0.3, 0.4) is 0 Å². The van der Waals surface area contributed by atoms with Gasteiger partial charge in [-0.05, 0) is 42.1 Å². The van der Waals surface area contributed by atoms with Crippen LogP contribution in [0.25, 0.3) is 10.8 Å². The minimum atomic E-state index is 0. The van der Waals surface area contributed by atoms with Gasteiger partial charge in [-0.15, -0.1) is 12.4 Å². The summed E-state index contributed by atoms with van der Waals surface area (Å²) >= 11 is 0. The van der Waals surface area contributed by atoms with Gasteiger partial charge < -0.3 is 10.6 Å². The Kier molecular flexibility index (Phi) is 6.22. The van der Waals surface area contributed by atoms with E-state index in [1.165, 1.54) is 22.8 Å². The van der Waals surface area contributed by atoms with Crippen LogP contribution in [0.5, 0.6) is 0 Å². The number of nitrogens with one attached hydrogen (secondary N) is 2. The number of fused-ring (bicyclic) bond motifs is 1. The van der Waals surface area contributed by atoms with Gasteiger partial charge in [0.15, 0.2) is 0 Å². The van der Waals surface area contributed by atoms with Crippen LogP contribution in [0.2, 0.25) is 0 Å². The van der Waals surface area contributed by atoms with E-state index < -0.39 is 0 Å². The lowest BCUT2D eigenvalue weighted by molar-refractivity contribution is -0.121. The third kappa shape index (κ3) is 4.21. The van der Waals surface area contributed by atoms with Crippen LogP contribution in [0.15, 0.2) is 42.5 Å². The number of hydrogen-bond acceptors (Lipinski definition) is 2. The highest BCUT2D eigenvalue weighted by Gasteiger charge is 2.17. The molecule has 0 aromatic heterocycles. The summed E-state index contributed by atoms with van der Waals surface area (Å²) in [5, 5.41) is 8.95. The lowest BCUT2D eigenvalue weighted by Gasteiger charge is -2.11. The molecule has 2 aromatic carbocycles. The fourth-order valence-electron chi connectivity index (χ4n) is 3.07. The van der Waals surface area contributed by atoms with E-state index in [2.05, 4.69) is 53.1 Å². The van der Waals surface area contributed by atoms with Gasteiger partial charge in [0.2, 0.25) is 5.91 Å². The second-order valence-electron chi connectivity index (χ2n) is 5.74. The quantitative estimate of drug-likeness (QED) is 0.889. The Hall–Kier alpha value is -1.58. The van der Waals surface area contributed by atoms with Gasteiger partial charge in [0.05, 0.1) is 0 Å². The largest absolute Gasteiger partial charge is 0.356 e. The second-order valence-corrected chi connectivity index (χ2v) is 5.74. The predicted molar refractivity (Wildman–Crippen MR) is 93.6 cm³/mol. The van der Waals surface area contributed by atoms with Crippen LogP contribution in [0, 0.1) is 0 Å². The van der Waals surface area contributed by atoms with Gasteiger partial charge in [0.25, 0.3) is 0 Å². The highest BCUT2D eigenvalue weighted by Crippen LogP contribution is 2.18. The summed E-state index contributed by atoms with van der Waals surface area (Å²) in [6, 6.07) is 15.1. The van der Waals surface area contributed by atoms with Gasteiger partial charge in [-0.25, -0.2) is 0 Å². The molecule has 3 rings (SSSR count). The standard InChI is InChI=1S/C18H22N2O.ClH/c21-18(13-16-8-4-11-19-16)20-12-10-15-7-3-6-14-5-1-2-9-17(14)15;/h1-3,5-7,9,16,19H,4,8,10-13H2,(H,20,21);1H. The Bertz CT molecular complexity index is 618. The van der Waals surface area contributed by atoms with E-state index in [1.807, 2.05) is 0 Å². The van der Waals surface area contributed by atoms with Crippen LogP contribution in [-0.4, -0.2) is 25.0 Å². The van der Waals surface area contributed by atoms with E-state index in [9.17, 15) is 4.79 Å². The normalized spacial score (nSPS) is 17.2. The smallest absolute Gasteiger partial charge is 0.221 e. The average Bonchev–Trinajstić information content (AvgIpc) is 3.00. The Morgan fingerprint density at radius 2 is 2.00 bits per heavy atom. The van der Waals surface area contributed by atoms with Crippen molar-refractivity contribution in [1.29, 1.82) is 0 Å². The van der Waals surface area contributed by atoms with Gasteiger partial charge in [0.1, 0.15) is 0 Å². The summed E-state index contributed by atoms with van der Waals surface area (Å²) in [5.41, 5.74) is 1.30. The summed E-state index contributed by atoms with van der Waals surface area (Å²) in [5.74, 6) is 0.162. The maximum atomic E-state index is 11.9. The average molecular weight is 319 g/mol. The third-order valence-corrected chi connectivity index (χ3v) is 4.19. The van der Waals surface area contributed by atoms with Crippen LogP contribution in [0.1, 0.15) is 24.8 Å². The molecule has 22 heavy (non-hydrogen) atoms. The summed E-state index contributed by atoms with van der Waals surface area (Å²) in [6.45, 7) is 1.76. The maximum Gasteiger partial charge on any atom is 0.221 e. The number of halogens is 1. The van der Waals surface area contributed by atoms with Crippen LogP contribution < -0.4 is 10.6 Å². The zero-order valence-corrected chi connectivity index (χ0v) is 13.5. The van der Waals surface area contributed by atoms with Crippen LogP contribution in [-0.2, 0) is 11.2 Å². The molecule has 1 atom stereocenters. The lowest BCUT2D eigenvalue weighted by atomic mass is 10.0. The molecule has 118 valence electrons.